The SMILES string of the molecule is CC(C)OC(=O)C(N)(CC(C)(C)C)c1ccc(-c2nn(C3CC3)nc2Br)cc1. The summed E-state index contributed by atoms with van der Waals surface area (Å²) in [5.74, 6) is -0.397. The van der Waals surface area contributed by atoms with Crippen LogP contribution in [0.25, 0.3) is 11.3 Å². The molecule has 1 aromatic carbocycles. The van der Waals surface area contributed by atoms with Gasteiger partial charge in [0, 0.05) is 5.56 Å². The van der Waals surface area contributed by atoms with Crippen LogP contribution in [0.15, 0.2) is 28.9 Å². The van der Waals surface area contributed by atoms with Gasteiger partial charge in [-0.2, -0.15) is 9.90 Å². The molecule has 1 heterocycles. The van der Waals surface area contributed by atoms with Crippen LogP contribution in [0.3, 0.4) is 0 Å². The first-order chi connectivity index (χ1) is 13.0. The molecular formula is C21H29BrN4O2. The molecule has 28 heavy (non-hydrogen) atoms. The molecule has 7 heteroatoms. The minimum absolute atomic E-state index is 0.139. The first kappa shape index (κ1) is 21.0. The fourth-order valence-corrected chi connectivity index (χ4v) is 3.79. The molecule has 1 aliphatic rings. The van der Waals surface area contributed by atoms with Crippen LogP contribution in [0, 0.1) is 5.41 Å². The molecule has 2 aromatic rings. The highest BCUT2D eigenvalue weighted by Crippen LogP contribution is 2.37. The number of benzene rings is 1. The van der Waals surface area contributed by atoms with Crippen molar-refractivity contribution in [1.29, 1.82) is 0 Å². The molecule has 6 nitrogen and oxygen atoms in total. The number of hydrogen-bond acceptors (Lipinski definition) is 5. The zero-order chi connectivity index (χ0) is 20.7. The van der Waals surface area contributed by atoms with Gasteiger partial charge in [0.1, 0.15) is 11.2 Å². The minimum Gasteiger partial charge on any atom is -0.461 e. The van der Waals surface area contributed by atoms with Crippen molar-refractivity contribution in [3.63, 3.8) is 0 Å². The van der Waals surface area contributed by atoms with Crippen LogP contribution < -0.4 is 5.73 Å². The van der Waals surface area contributed by atoms with Crippen LogP contribution in [0.5, 0.6) is 0 Å². The van der Waals surface area contributed by atoms with E-state index in [0.29, 0.717) is 12.5 Å². The molecule has 1 atom stereocenters. The maximum absolute atomic E-state index is 12.9. The Morgan fingerprint density at radius 1 is 1.25 bits per heavy atom. The number of nitrogens with two attached hydrogens (primary N) is 1. The number of esters is 1. The summed E-state index contributed by atoms with van der Waals surface area (Å²) in [7, 11) is 0. The van der Waals surface area contributed by atoms with E-state index < -0.39 is 11.5 Å². The normalized spacial score (nSPS) is 16.9. The second-order valence-electron chi connectivity index (χ2n) is 9.13. The monoisotopic (exact) mass is 448 g/mol. The molecule has 152 valence electrons. The molecule has 0 aliphatic heterocycles. The molecule has 1 unspecified atom stereocenters. The van der Waals surface area contributed by atoms with Crippen LogP contribution in [0.1, 0.15) is 65.5 Å². The van der Waals surface area contributed by atoms with Crippen LogP contribution in [0.4, 0.5) is 0 Å². The van der Waals surface area contributed by atoms with E-state index >= 15 is 0 Å². The van der Waals surface area contributed by atoms with Gasteiger partial charge < -0.3 is 10.5 Å². The highest BCUT2D eigenvalue weighted by atomic mass is 79.9. The zero-order valence-electron chi connectivity index (χ0n) is 17.2. The van der Waals surface area contributed by atoms with Gasteiger partial charge in [-0.3, -0.25) is 0 Å². The summed E-state index contributed by atoms with van der Waals surface area (Å²) in [5, 5.41) is 9.06. The second kappa shape index (κ2) is 7.59. The van der Waals surface area contributed by atoms with E-state index in [1.807, 2.05) is 38.1 Å². The summed E-state index contributed by atoms with van der Waals surface area (Å²) in [6.07, 6.45) is 2.51. The lowest BCUT2D eigenvalue weighted by Crippen LogP contribution is -2.49. The molecule has 1 aromatic heterocycles. The van der Waals surface area contributed by atoms with E-state index in [2.05, 4.69) is 46.9 Å². The summed E-state index contributed by atoms with van der Waals surface area (Å²) in [6, 6.07) is 8.08. The number of ether oxygens (including phenoxy) is 1. The first-order valence-corrected chi connectivity index (χ1v) is 10.5. The summed E-state index contributed by atoms with van der Waals surface area (Å²) in [6.45, 7) is 9.87. The molecule has 3 rings (SSSR count). The topological polar surface area (TPSA) is 83.0 Å². The number of hydrogen-bond donors (Lipinski definition) is 1. The Bertz CT molecular complexity index is 850. The average molecular weight is 449 g/mol. The third kappa shape index (κ3) is 4.63. The highest BCUT2D eigenvalue weighted by molar-refractivity contribution is 9.10. The molecule has 1 aliphatic carbocycles. The molecule has 1 fully saturated rings. The van der Waals surface area contributed by atoms with Crippen molar-refractivity contribution in [2.45, 2.75) is 71.6 Å². The third-order valence-electron chi connectivity index (χ3n) is 4.65. The van der Waals surface area contributed by atoms with Gasteiger partial charge in [-0.05, 0) is 60.0 Å². The van der Waals surface area contributed by atoms with Crippen molar-refractivity contribution >= 4 is 21.9 Å². The number of halogens is 1. The molecule has 1 saturated carbocycles. The highest BCUT2D eigenvalue weighted by Gasteiger charge is 2.41. The van der Waals surface area contributed by atoms with Gasteiger partial charge >= 0.3 is 5.97 Å². The quantitative estimate of drug-likeness (QED) is 0.653. The predicted molar refractivity (Wildman–Crippen MR) is 113 cm³/mol. The number of carbonyl (C=O) groups excluding carboxylic acids is 1. The van der Waals surface area contributed by atoms with Crippen molar-refractivity contribution in [3.8, 4) is 11.3 Å². The Balaban J connectivity index is 1.92. The molecular weight excluding hydrogens is 420 g/mol. The van der Waals surface area contributed by atoms with E-state index in [-0.39, 0.29) is 11.5 Å². The Labute approximate surface area is 175 Å². The van der Waals surface area contributed by atoms with Crippen molar-refractivity contribution in [3.05, 3.63) is 34.4 Å². The summed E-state index contributed by atoms with van der Waals surface area (Å²) in [4.78, 5) is 14.6. The van der Waals surface area contributed by atoms with Crippen LogP contribution >= 0.6 is 15.9 Å². The Morgan fingerprint density at radius 2 is 1.86 bits per heavy atom. The Kier molecular flexibility index (Phi) is 5.69. The first-order valence-electron chi connectivity index (χ1n) is 9.73. The van der Waals surface area contributed by atoms with Gasteiger partial charge in [-0.15, -0.1) is 5.10 Å². The van der Waals surface area contributed by atoms with Crippen molar-refractivity contribution < 1.29 is 9.53 Å². The second-order valence-corrected chi connectivity index (χ2v) is 9.88. The van der Waals surface area contributed by atoms with Gasteiger partial charge in [0.15, 0.2) is 4.60 Å². The van der Waals surface area contributed by atoms with Crippen molar-refractivity contribution in [1.82, 2.24) is 15.0 Å². The number of nitrogens with zero attached hydrogens (tertiary/aromatic N) is 3. The average Bonchev–Trinajstić information content (AvgIpc) is 3.35. The molecule has 0 bridgehead atoms. The summed E-state index contributed by atoms with van der Waals surface area (Å²) < 4.78 is 6.21. The lowest BCUT2D eigenvalue weighted by atomic mass is 9.76. The lowest BCUT2D eigenvalue weighted by molar-refractivity contribution is -0.156. The largest absolute Gasteiger partial charge is 0.461 e. The number of aromatic nitrogens is 3. The van der Waals surface area contributed by atoms with Crippen LogP contribution in [-0.4, -0.2) is 27.1 Å². The lowest BCUT2D eigenvalue weighted by Gasteiger charge is -2.34. The minimum atomic E-state index is -1.20. The predicted octanol–water partition coefficient (Wildman–Crippen LogP) is 4.58. The van der Waals surface area contributed by atoms with E-state index in [1.54, 1.807) is 4.80 Å². The van der Waals surface area contributed by atoms with Gasteiger partial charge in [0.05, 0.1) is 12.1 Å². The molecule has 0 spiro atoms. The van der Waals surface area contributed by atoms with Gasteiger partial charge in [-0.25, -0.2) is 4.79 Å². The Morgan fingerprint density at radius 3 is 2.36 bits per heavy atom. The maximum Gasteiger partial charge on any atom is 0.331 e. The molecule has 0 radical (unpaired) electrons. The zero-order valence-corrected chi connectivity index (χ0v) is 18.8. The van der Waals surface area contributed by atoms with Gasteiger partial charge in [-0.1, -0.05) is 45.0 Å². The summed E-state index contributed by atoms with van der Waals surface area (Å²) >= 11 is 3.50. The molecule has 2 N–H and O–H groups in total. The maximum atomic E-state index is 12.9. The number of rotatable bonds is 6. The van der Waals surface area contributed by atoms with E-state index in [9.17, 15) is 4.79 Å². The summed E-state index contributed by atoms with van der Waals surface area (Å²) in [5.41, 5.74) is 7.77. The standard InChI is InChI=1S/C21H29BrN4O2/c1-13(2)28-19(27)21(23,12-20(3,4)5)15-8-6-14(7-9-15)17-18(22)25-26(24-17)16-10-11-16/h6-9,13,16H,10-12,23H2,1-5H3. The fraction of sp³-hybridized carbons (Fsp3) is 0.571. The van der Waals surface area contributed by atoms with E-state index in [0.717, 1.165) is 34.3 Å². The molecule has 0 amide bonds. The van der Waals surface area contributed by atoms with Gasteiger partial charge in [0.25, 0.3) is 0 Å². The third-order valence-corrected chi connectivity index (χ3v) is 5.19. The fourth-order valence-electron chi connectivity index (χ4n) is 3.32. The van der Waals surface area contributed by atoms with Crippen LogP contribution in [-0.2, 0) is 15.1 Å². The Hall–Kier alpha value is -1.73. The smallest absolute Gasteiger partial charge is 0.331 e. The van der Waals surface area contributed by atoms with Crippen molar-refractivity contribution in [2.24, 2.45) is 11.1 Å². The number of carbonyl (C=O) groups is 1. The van der Waals surface area contributed by atoms with Crippen LogP contribution in [0.2, 0.25) is 0 Å². The van der Waals surface area contributed by atoms with E-state index in [4.69, 9.17) is 10.5 Å². The van der Waals surface area contributed by atoms with E-state index in [1.165, 1.54) is 0 Å². The van der Waals surface area contributed by atoms with Gasteiger partial charge in [0.2, 0.25) is 0 Å². The molecule has 0 saturated heterocycles. The van der Waals surface area contributed by atoms with Crippen molar-refractivity contribution in [2.75, 3.05) is 0 Å².